The quantitative estimate of drug-likeness (QED) is 0.551. The number of hydrogen-bond acceptors (Lipinski definition) is 5. The Hall–Kier alpha value is -2.51. The fourth-order valence-corrected chi connectivity index (χ4v) is 2.44. The molecule has 22 heavy (non-hydrogen) atoms. The molecule has 0 unspecified atom stereocenters. The van der Waals surface area contributed by atoms with Crippen molar-refractivity contribution in [3.8, 4) is 22.8 Å². The molecule has 2 aromatic carbocycles. The van der Waals surface area contributed by atoms with Gasteiger partial charge in [-0.15, -0.1) is 4.91 Å². The number of nitroso groups, excluding NO2 is 1. The molecule has 0 atom stereocenters. The van der Waals surface area contributed by atoms with Crippen LogP contribution in [0.5, 0.6) is 5.75 Å². The standard InChI is InChI=1S/C14H9ClN4O2S/c15-8-1-4-10(5-2-8)19-13(16-17-14(19)22)11-6-3-9(18-21)7-12(11)20/h1-7,20H,(H,17,22). The van der Waals surface area contributed by atoms with Crippen LogP contribution >= 0.6 is 23.8 Å². The number of benzene rings is 2. The molecule has 0 saturated carbocycles. The van der Waals surface area contributed by atoms with Gasteiger partial charge in [0.2, 0.25) is 0 Å². The van der Waals surface area contributed by atoms with Gasteiger partial charge in [-0.2, -0.15) is 5.10 Å². The van der Waals surface area contributed by atoms with Gasteiger partial charge in [0.05, 0.1) is 11.3 Å². The van der Waals surface area contributed by atoms with E-state index in [2.05, 4.69) is 15.4 Å². The van der Waals surface area contributed by atoms with E-state index >= 15 is 0 Å². The van der Waals surface area contributed by atoms with Crippen LogP contribution in [0, 0.1) is 9.68 Å². The smallest absolute Gasteiger partial charge is 0.200 e. The molecule has 0 radical (unpaired) electrons. The number of hydrogen-bond donors (Lipinski definition) is 2. The van der Waals surface area contributed by atoms with Gasteiger partial charge in [0.25, 0.3) is 0 Å². The minimum Gasteiger partial charge on any atom is -0.507 e. The van der Waals surface area contributed by atoms with Crippen molar-refractivity contribution < 1.29 is 5.11 Å². The van der Waals surface area contributed by atoms with Crippen molar-refractivity contribution >= 4 is 29.5 Å². The van der Waals surface area contributed by atoms with Gasteiger partial charge in [-0.3, -0.25) is 9.67 Å². The number of aromatic hydroxyl groups is 1. The Morgan fingerprint density at radius 1 is 1.23 bits per heavy atom. The first kappa shape index (κ1) is 14.4. The summed E-state index contributed by atoms with van der Waals surface area (Å²) in [6, 6.07) is 11.4. The van der Waals surface area contributed by atoms with Crippen molar-refractivity contribution in [2.24, 2.45) is 5.18 Å². The lowest BCUT2D eigenvalue weighted by Crippen LogP contribution is -1.97. The van der Waals surface area contributed by atoms with E-state index in [1.165, 1.54) is 12.1 Å². The zero-order chi connectivity index (χ0) is 15.7. The highest BCUT2D eigenvalue weighted by atomic mass is 35.5. The zero-order valence-electron chi connectivity index (χ0n) is 11.0. The maximum Gasteiger partial charge on any atom is 0.200 e. The van der Waals surface area contributed by atoms with Crippen molar-refractivity contribution in [1.29, 1.82) is 0 Å². The summed E-state index contributed by atoms with van der Waals surface area (Å²) in [4.78, 5) is 10.5. The van der Waals surface area contributed by atoms with E-state index in [0.717, 1.165) is 5.69 Å². The lowest BCUT2D eigenvalue weighted by atomic mass is 10.1. The SMILES string of the molecule is O=Nc1ccc(-c2n[nH]c(=S)n2-c2ccc(Cl)cc2)c(O)c1. The first-order chi connectivity index (χ1) is 10.6. The largest absolute Gasteiger partial charge is 0.507 e. The number of halogens is 1. The number of aromatic nitrogens is 3. The number of H-pyrrole nitrogens is 1. The summed E-state index contributed by atoms with van der Waals surface area (Å²) in [6.07, 6.45) is 0. The normalized spacial score (nSPS) is 10.6. The summed E-state index contributed by atoms with van der Waals surface area (Å²) < 4.78 is 2.03. The molecule has 110 valence electrons. The Kier molecular flexibility index (Phi) is 3.74. The van der Waals surface area contributed by atoms with E-state index in [1.54, 1.807) is 34.9 Å². The molecule has 1 aromatic heterocycles. The highest BCUT2D eigenvalue weighted by Gasteiger charge is 2.15. The Balaban J connectivity index is 2.19. The molecule has 0 fully saturated rings. The highest BCUT2D eigenvalue weighted by molar-refractivity contribution is 7.71. The molecule has 6 nitrogen and oxygen atoms in total. The molecule has 3 aromatic rings. The third kappa shape index (κ3) is 2.51. The highest BCUT2D eigenvalue weighted by Crippen LogP contribution is 2.32. The van der Waals surface area contributed by atoms with Crippen LogP contribution in [-0.2, 0) is 0 Å². The number of phenols is 1. The van der Waals surface area contributed by atoms with Gasteiger partial charge < -0.3 is 5.11 Å². The molecule has 0 aliphatic rings. The average molecular weight is 333 g/mol. The first-order valence-electron chi connectivity index (χ1n) is 6.20. The molecular formula is C14H9ClN4O2S. The molecule has 0 saturated heterocycles. The minimum absolute atomic E-state index is 0.110. The Labute approximate surface area is 135 Å². The third-order valence-corrected chi connectivity index (χ3v) is 3.61. The van der Waals surface area contributed by atoms with Crippen LogP contribution in [0.4, 0.5) is 5.69 Å². The second-order valence-electron chi connectivity index (χ2n) is 4.46. The van der Waals surface area contributed by atoms with Crippen molar-refractivity contribution in [1.82, 2.24) is 14.8 Å². The molecule has 0 spiro atoms. The topological polar surface area (TPSA) is 83.3 Å². The fraction of sp³-hybridized carbons (Fsp3) is 0. The maximum absolute atomic E-state index is 10.5. The van der Waals surface area contributed by atoms with Crippen molar-refractivity contribution in [3.05, 3.63) is 57.2 Å². The van der Waals surface area contributed by atoms with E-state index in [4.69, 9.17) is 23.8 Å². The van der Waals surface area contributed by atoms with Crippen molar-refractivity contribution in [2.75, 3.05) is 0 Å². The molecule has 0 aliphatic carbocycles. The van der Waals surface area contributed by atoms with Crippen LogP contribution < -0.4 is 0 Å². The first-order valence-corrected chi connectivity index (χ1v) is 6.99. The maximum atomic E-state index is 10.5. The molecule has 2 N–H and O–H groups in total. The van der Waals surface area contributed by atoms with Crippen LogP contribution in [0.25, 0.3) is 17.1 Å². The monoisotopic (exact) mass is 332 g/mol. The van der Waals surface area contributed by atoms with E-state index < -0.39 is 0 Å². The molecule has 0 aliphatic heterocycles. The summed E-state index contributed by atoms with van der Waals surface area (Å²) in [5, 5.41) is 20.3. The lowest BCUT2D eigenvalue weighted by Gasteiger charge is -2.08. The van der Waals surface area contributed by atoms with Gasteiger partial charge in [-0.1, -0.05) is 11.6 Å². The Morgan fingerprint density at radius 3 is 2.59 bits per heavy atom. The van der Waals surface area contributed by atoms with Gasteiger partial charge in [0.15, 0.2) is 10.6 Å². The van der Waals surface area contributed by atoms with Crippen molar-refractivity contribution in [2.45, 2.75) is 0 Å². The van der Waals surface area contributed by atoms with Crippen molar-refractivity contribution in [3.63, 3.8) is 0 Å². The van der Waals surface area contributed by atoms with Gasteiger partial charge in [0.1, 0.15) is 11.4 Å². The second-order valence-corrected chi connectivity index (χ2v) is 5.28. The van der Waals surface area contributed by atoms with E-state index in [9.17, 15) is 10.0 Å². The molecular weight excluding hydrogens is 324 g/mol. The molecule has 0 bridgehead atoms. The van der Waals surface area contributed by atoms with Gasteiger partial charge in [0, 0.05) is 11.1 Å². The second kappa shape index (κ2) is 5.70. The number of nitrogens with one attached hydrogen (secondary N) is 1. The molecule has 0 amide bonds. The summed E-state index contributed by atoms with van der Waals surface area (Å²) in [5.74, 6) is 0.309. The summed E-state index contributed by atoms with van der Waals surface area (Å²) in [5.41, 5.74) is 1.30. The predicted octanol–water partition coefficient (Wildman–Crippen LogP) is 4.35. The fourth-order valence-electron chi connectivity index (χ4n) is 2.07. The summed E-state index contributed by atoms with van der Waals surface area (Å²) in [6.45, 7) is 0. The van der Waals surface area contributed by atoms with Crippen LogP contribution in [0.3, 0.4) is 0 Å². The van der Waals surface area contributed by atoms with Crippen LogP contribution in [-0.4, -0.2) is 19.9 Å². The van der Waals surface area contributed by atoms with Crippen LogP contribution in [0.2, 0.25) is 5.02 Å². The molecule has 8 heteroatoms. The van der Waals surface area contributed by atoms with Crippen LogP contribution in [0.15, 0.2) is 47.6 Å². The van der Waals surface area contributed by atoms with Gasteiger partial charge in [-0.05, 0) is 53.8 Å². The predicted molar refractivity (Wildman–Crippen MR) is 86.3 cm³/mol. The number of nitrogens with zero attached hydrogens (tertiary/aromatic N) is 3. The Morgan fingerprint density at radius 2 is 1.95 bits per heavy atom. The average Bonchev–Trinajstić information content (AvgIpc) is 2.89. The van der Waals surface area contributed by atoms with Crippen LogP contribution in [0.1, 0.15) is 0 Å². The van der Waals surface area contributed by atoms with E-state index in [1.807, 2.05) is 0 Å². The molecule has 1 heterocycles. The van der Waals surface area contributed by atoms with Gasteiger partial charge >= 0.3 is 0 Å². The summed E-state index contributed by atoms with van der Waals surface area (Å²) in [7, 11) is 0. The van der Waals surface area contributed by atoms with E-state index in [0.29, 0.717) is 21.2 Å². The van der Waals surface area contributed by atoms with Gasteiger partial charge in [-0.25, -0.2) is 0 Å². The molecule has 3 rings (SSSR count). The zero-order valence-corrected chi connectivity index (χ0v) is 12.6. The minimum atomic E-state index is -0.110. The van der Waals surface area contributed by atoms with E-state index in [-0.39, 0.29) is 11.4 Å². The Bertz CT molecular complexity index is 902. The third-order valence-electron chi connectivity index (χ3n) is 3.08. The number of aromatic amines is 1. The summed E-state index contributed by atoms with van der Waals surface area (Å²) >= 11 is 11.1. The number of phenolic OH excluding ortho intramolecular Hbond substituents is 1. The number of rotatable bonds is 3. The lowest BCUT2D eigenvalue weighted by molar-refractivity contribution is 0.477.